The van der Waals surface area contributed by atoms with E-state index in [1.165, 1.54) is 11.3 Å². The molecule has 1 aromatic heterocycles. The lowest BCUT2D eigenvalue weighted by atomic mass is 9.90. The largest absolute Gasteiger partial charge is 0.495 e. The Balaban J connectivity index is 2.28. The molecule has 1 aromatic carbocycles. The van der Waals surface area contributed by atoms with Crippen molar-refractivity contribution in [1.29, 1.82) is 0 Å². The van der Waals surface area contributed by atoms with Crippen molar-refractivity contribution in [3.63, 3.8) is 0 Å². The Bertz CT molecular complexity index is 670. The van der Waals surface area contributed by atoms with Gasteiger partial charge in [0, 0.05) is 10.4 Å². The molecular weight excluding hydrogens is 312 g/mol. The van der Waals surface area contributed by atoms with Crippen molar-refractivity contribution in [3.8, 4) is 5.75 Å². The minimum Gasteiger partial charge on any atom is -0.495 e. The maximum atomic E-state index is 11.2. The van der Waals surface area contributed by atoms with E-state index in [0.29, 0.717) is 27.3 Å². The number of thiazole rings is 1. The summed E-state index contributed by atoms with van der Waals surface area (Å²) in [5.41, 5.74) is 0.150. The lowest BCUT2D eigenvalue weighted by molar-refractivity contribution is -0.142. The molecule has 0 aliphatic heterocycles. The van der Waals surface area contributed by atoms with Gasteiger partial charge in [-0.25, -0.2) is 4.98 Å². The molecule has 0 fully saturated rings. The molecule has 7 heteroatoms. The fourth-order valence-corrected chi connectivity index (χ4v) is 2.68. The van der Waals surface area contributed by atoms with Gasteiger partial charge < -0.3 is 15.2 Å². The number of ether oxygens (including phenoxy) is 1. The lowest BCUT2D eigenvalue weighted by Crippen LogP contribution is -2.28. The highest BCUT2D eigenvalue weighted by molar-refractivity contribution is 7.13. The Labute approximate surface area is 131 Å². The Morgan fingerprint density at radius 1 is 1.48 bits per heavy atom. The number of carboxylic acids is 1. The van der Waals surface area contributed by atoms with Gasteiger partial charge in [-0.3, -0.25) is 4.79 Å². The molecule has 0 bridgehead atoms. The van der Waals surface area contributed by atoms with Crippen LogP contribution in [0.5, 0.6) is 5.75 Å². The number of nitrogens with one attached hydrogen (secondary N) is 1. The number of hydrogen-bond donors (Lipinski definition) is 2. The number of nitrogens with zero attached hydrogens (tertiary/aromatic N) is 1. The number of hydrogen-bond acceptors (Lipinski definition) is 5. The van der Waals surface area contributed by atoms with Crippen molar-refractivity contribution in [2.45, 2.75) is 19.3 Å². The highest BCUT2D eigenvalue weighted by Gasteiger charge is 2.32. The lowest BCUT2D eigenvalue weighted by Gasteiger charge is -2.15. The Morgan fingerprint density at radius 3 is 2.81 bits per heavy atom. The third-order valence-corrected chi connectivity index (χ3v) is 4.08. The summed E-state index contributed by atoms with van der Waals surface area (Å²) in [5, 5.41) is 15.2. The van der Waals surface area contributed by atoms with Crippen LogP contribution in [0.4, 0.5) is 10.8 Å². The summed E-state index contributed by atoms with van der Waals surface area (Å²) in [5.74, 6) is -0.284. The van der Waals surface area contributed by atoms with Gasteiger partial charge in [-0.2, -0.15) is 0 Å². The maximum Gasteiger partial charge on any atom is 0.315 e. The molecule has 5 nitrogen and oxygen atoms in total. The highest BCUT2D eigenvalue weighted by Crippen LogP contribution is 2.33. The van der Waals surface area contributed by atoms with E-state index in [1.54, 1.807) is 44.5 Å². The van der Waals surface area contributed by atoms with Gasteiger partial charge in [0.05, 0.1) is 18.5 Å². The first-order valence-corrected chi connectivity index (χ1v) is 7.40. The van der Waals surface area contributed by atoms with Crippen LogP contribution in [-0.2, 0) is 10.2 Å². The van der Waals surface area contributed by atoms with Crippen LogP contribution in [0.25, 0.3) is 0 Å². The molecule has 0 spiro atoms. The zero-order valence-corrected chi connectivity index (χ0v) is 13.4. The molecule has 0 unspecified atom stereocenters. The van der Waals surface area contributed by atoms with E-state index in [9.17, 15) is 9.90 Å². The van der Waals surface area contributed by atoms with Crippen LogP contribution in [0.3, 0.4) is 0 Å². The summed E-state index contributed by atoms with van der Waals surface area (Å²) >= 11 is 7.30. The van der Waals surface area contributed by atoms with Crippen LogP contribution in [0, 0.1) is 0 Å². The van der Waals surface area contributed by atoms with Gasteiger partial charge in [0.25, 0.3) is 0 Å². The molecule has 0 saturated heterocycles. The number of aromatic nitrogens is 1. The summed E-state index contributed by atoms with van der Waals surface area (Å²) in [6.07, 6.45) is 0. The molecule has 112 valence electrons. The molecule has 0 amide bonds. The normalized spacial score (nSPS) is 11.2. The maximum absolute atomic E-state index is 11.2. The first-order valence-electron chi connectivity index (χ1n) is 6.14. The predicted octanol–water partition coefficient (Wildman–Crippen LogP) is 3.91. The Kier molecular flexibility index (Phi) is 4.39. The van der Waals surface area contributed by atoms with E-state index in [1.807, 2.05) is 0 Å². The number of halogens is 1. The Morgan fingerprint density at radius 2 is 2.19 bits per heavy atom. The van der Waals surface area contributed by atoms with Gasteiger partial charge in [0.15, 0.2) is 5.13 Å². The van der Waals surface area contributed by atoms with Crippen LogP contribution in [0.15, 0.2) is 23.6 Å². The van der Waals surface area contributed by atoms with Crippen LogP contribution in [-0.4, -0.2) is 23.2 Å². The second-order valence-electron chi connectivity index (χ2n) is 4.94. The van der Waals surface area contributed by atoms with Crippen molar-refractivity contribution in [3.05, 3.63) is 34.3 Å². The van der Waals surface area contributed by atoms with Crippen molar-refractivity contribution in [2.24, 2.45) is 0 Å². The fraction of sp³-hybridized carbons (Fsp3) is 0.286. The van der Waals surface area contributed by atoms with E-state index in [0.717, 1.165) is 0 Å². The quantitative estimate of drug-likeness (QED) is 0.871. The second-order valence-corrected chi connectivity index (χ2v) is 6.23. The summed E-state index contributed by atoms with van der Waals surface area (Å²) in [4.78, 5) is 15.6. The number of carboxylic acid groups (broad SMARTS) is 1. The molecule has 0 radical (unpaired) electrons. The number of benzene rings is 1. The molecule has 0 saturated carbocycles. The highest BCUT2D eigenvalue weighted by atomic mass is 35.5. The van der Waals surface area contributed by atoms with Crippen LogP contribution in [0.2, 0.25) is 5.02 Å². The average molecular weight is 327 g/mol. The molecule has 21 heavy (non-hydrogen) atoms. The third kappa shape index (κ3) is 3.28. The van der Waals surface area contributed by atoms with Crippen LogP contribution in [0.1, 0.15) is 19.5 Å². The number of carbonyl (C=O) groups is 1. The predicted molar refractivity (Wildman–Crippen MR) is 84.1 cm³/mol. The zero-order valence-electron chi connectivity index (χ0n) is 11.8. The molecule has 0 aliphatic carbocycles. The topological polar surface area (TPSA) is 71.5 Å². The smallest absolute Gasteiger partial charge is 0.315 e. The SMILES string of the molecule is COc1ccc(Cl)cc1Nc1nc(C(C)(C)C(=O)O)cs1. The summed E-state index contributed by atoms with van der Waals surface area (Å²) < 4.78 is 5.25. The number of anilines is 2. The molecular formula is C14H15ClN2O3S. The average Bonchev–Trinajstić information content (AvgIpc) is 2.88. The summed E-state index contributed by atoms with van der Waals surface area (Å²) in [7, 11) is 1.56. The Hall–Kier alpha value is -1.79. The standard InChI is InChI=1S/C14H15ClN2O3S/c1-14(2,12(18)19)11-7-21-13(17-11)16-9-6-8(15)4-5-10(9)20-3/h4-7H,1-3H3,(H,16,17)(H,18,19). The monoisotopic (exact) mass is 326 g/mol. The molecule has 0 aliphatic rings. The third-order valence-electron chi connectivity index (χ3n) is 3.08. The minimum absolute atomic E-state index is 0.503. The van der Waals surface area contributed by atoms with E-state index in [4.69, 9.17) is 16.3 Å². The number of rotatable bonds is 5. The molecule has 1 heterocycles. The van der Waals surface area contributed by atoms with Crippen molar-refractivity contribution in [2.75, 3.05) is 12.4 Å². The van der Waals surface area contributed by atoms with Crippen molar-refractivity contribution < 1.29 is 14.6 Å². The fourth-order valence-electron chi connectivity index (χ4n) is 1.62. The second kappa shape index (κ2) is 5.91. The van der Waals surface area contributed by atoms with Crippen molar-refractivity contribution >= 4 is 39.7 Å². The summed E-state index contributed by atoms with van der Waals surface area (Å²) in [6, 6.07) is 5.20. The number of aliphatic carboxylic acids is 1. The molecule has 2 N–H and O–H groups in total. The van der Waals surface area contributed by atoms with Gasteiger partial charge in [0.1, 0.15) is 11.2 Å². The first-order chi connectivity index (χ1) is 9.84. The first kappa shape index (κ1) is 15.6. The molecule has 2 aromatic rings. The zero-order chi connectivity index (χ0) is 15.6. The molecule has 2 rings (SSSR count). The number of methoxy groups -OCH3 is 1. The van der Waals surface area contributed by atoms with E-state index in [-0.39, 0.29) is 0 Å². The van der Waals surface area contributed by atoms with Gasteiger partial charge in [-0.05, 0) is 32.0 Å². The van der Waals surface area contributed by atoms with E-state index >= 15 is 0 Å². The molecule has 0 atom stereocenters. The van der Waals surface area contributed by atoms with Gasteiger partial charge >= 0.3 is 5.97 Å². The van der Waals surface area contributed by atoms with Gasteiger partial charge in [-0.1, -0.05) is 11.6 Å². The van der Waals surface area contributed by atoms with E-state index in [2.05, 4.69) is 10.3 Å². The minimum atomic E-state index is -1.03. The van der Waals surface area contributed by atoms with Crippen LogP contribution >= 0.6 is 22.9 Å². The van der Waals surface area contributed by atoms with Crippen LogP contribution < -0.4 is 10.1 Å². The van der Waals surface area contributed by atoms with Gasteiger partial charge in [0.2, 0.25) is 0 Å². The van der Waals surface area contributed by atoms with Crippen molar-refractivity contribution in [1.82, 2.24) is 4.98 Å². The van der Waals surface area contributed by atoms with Gasteiger partial charge in [-0.15, -0.1) is 11.3 Å². The summed E-state index contributed by atoms with van der Waals surface area (Å²) in [6.45, 7) is 3.24. The van der Waals surface area contributed by atoms with E-state index < -0.39 is 11.4 Å².